The Balaban J connectivity index is 4.49. The van der Waals surface area contributed by atoms with E-state index in [1.165, 1.54) is 0 Å². The zero-order chi connectivity index (χ0) is 9.12. The summed E-state index contributed by atoms with van der Waals surface area (Å²) in [6.07, 6.45) is 1.49. The third-order valence-electron chi connectivity index (χ3n) is 1.36. The normalized spacial score (nSPS) is 16.9. The molecule has 0 aliphatic rings. The van der Waals surface area contributed by atoms with Crippen LogP contribution < -0.4 is 4.72 Å². The van der Waals surface area contributed by atoms with E-state index in [0.717, 1.165) is 6.26 Å². The molecule has 4 nitrogen and oxygen atoms in total. The maximum absolute atomic E-state index is 10.7. The Hall–Kier alpha value is -0.600. The van der Waals surface area contributed by atoms with Crippen molar-refractivity contribution in [3.05, 3.63) is 0 Å². The molecule has 0 aliphatic heterocycles. The zero-order valence-electron chi connectivity index (χ0n) is 6.88. The lowest BCUT2D eigenvalue weighted by Crippen LogP contribution is -2.43. The standard InChI is InChI=1S/C6H12N2O2S/c1-4-6(2,5-7)8-11(3,9)10/h8H,4H2,1-3H3. The molecule has 0 spiro atoms. The van der Waals surface area contributed by atoms with Crippen LogP contribution in [0.25, 0.3) is 0 Å². The van der Waals surface area contributed by atoms with Crippen molar-refractivity contribution in [1.29, 1.82) is 5.26 Å². The van der Waals surface area contributed by atoms with Crippen molar-refractivity contribution in [2.24, 2.45) is 0 Å². The van der Waals surface area contributed by atoms with Gasteiger partial charge in [0.05, 0.1) is 12.3 Å². The molecule has 0 heterocycles. The van der Waals surface area contributed by atoms with Crippen molar-refractivity contribution in [1.82, 2.24) is 4.72 Å². The summed E-state index contributed by atoms with van der Waals surface area (Å²) < 4.78 is 23.6. The molecule has 0 rings (SSSR count). The summed E-state index contributed by atoms with van der Waals surface area (Å²) in [6, 6.07) is 1.89. The van der Waals surface area contributed by atoms with Crippen LogP contribution in [0.5, 0.6) is 0 Å². The molecule has 1 N–H and O–H groups in total. The molecule has 0 amide bonds. The Morgan fingerprint density at radius 1 is 1.64 bits per heavy atom. The van der Waals surface area contributed by atoms with Gasteiger partial charge in [0.15, 0.2) is 0 Å². The van der Waals surface area contributed by atoms with Crippen LogP contribution in [0.1, 0.15) is 20.3 Å². The van der Waals surface area contributed by atoms with Crippen molar-refractivity contribution < 1.29 is 8.42 Å². The fourth-order valence-electron chi connectivity index (χ4n) is 0.583. The molecule has 64 valence electrons. The molecule has 1 atom stereocenters. The molecule has 5 heteroatoms. The molecule has 0 aromatic heterocycles. The number of sulfonamides is 1. The number of hydrogen-bond donors (Lipinski definition) is 1. The van der Waals surface area contributed by atoms with Crippen LogP contribution in [-0.4, -0.2) is 20.2 Å². The van der Waals surface area contributed by atoms with Gasteiger partial charge in [-0.25, -0.2) is 8.42 Å². The fraction of sp³-hybridized carbons (Fsp3) is 0.833. The van der Waals surface area contributed by atoms with Gasteiger partial charge in [-0.15, -0.1) is 0 Å². The SMILES string of the molecule is CCC(C)(C#N)NS(C)(=O)=O. The molecule has 0 aromatic rings. The molecule has 0 fully saturated rings. The molecule has 1 unspecified atom stereocenters. The third kappa shape index (κ3) is 3.96. The fourth-order valence-corrected chi connectivity index (χ4v) is 1.59. The quantitative estimate of drug-likeness (QED) is 0.669. The summed E-state index contributed by atoms with van der Waals surface area (Å²) in [6.45, 7) is 3.30. The highest BCUT2D eigenvalue weighted by Crippen LogP contribution is 2.07. The van der Waals surface area contributed by atoms with E-state index in [4.69, 9.17) is 5.26 Å². The van der Waals surface area contributed by atoms with Crippen molar-refractivity contribution >= 4 is 10.0 Å². The van der Waals surface area contributed by atoms with Crippen LogP contribution in [0, 0.1) is 11.3 Å². The van der Waals surface area contributed by atoms with E-state index < -0.39 is 15.6 Å². The smallest absolute Gasteiger partial charge is 0.210 e. The molecule has 0 saturated heterocycles. The minimum Gasteiger partial charge on any atom is -0.213 e. The predicted molar refractivity (Wildman–Crippen MR) is 42.3 cm³/mol. The molecule has 0 bridgehead atoms. The van der Waals surface area contributed by atoms with Gasteiger partial charge < -0.3 is 0 Å². The highest BCUT2D eigenvalue weighted by atomic mass is 32.2. The average molecular weight is 176 g/mol. The average Bonchev–Trinajstić information content (AvgIpc) is 1.84. The van der Waals surface area contributed by atoms with Gasteiger partial charge in [-0.3, -0.25) is 0 Å². The van der Waals surface area contributed by atoms with Crippen LogP contribution in [-0.2, 0) is 10.0 Å². The predicted octanol–water partition coefficient (Wildman–Crippen LogP) is 0.228. The van der Waals surface area contributed by atoms with Gasteiger partial charge in [0.1, 0.15) is 5.54 Å². The summed E-state index contributed by atoms with van der Waals surface area (Å²) in [5.74, 6) is 0. The van der Waals surface area contributed by atoms with Gasteiger partial charge in [-0.1, -0.05) is 6.92 Å². The maximum Gasteiger partial charge on any atom is 0.210 e. The van der Waals surface area contributed by atoms with Crippen molar-refractivity contribution in [3.8, 4) is 6.07 Å². The Labute approximate surface area is 67.3 Å². The third-order valence-corrected chi connectivity index (χ3v) is 2.19. The van der Waals surface area contributed by atoms with Gasteiger partial charge in [-0.05, 0) is 13.3 Å². The van der Waals surface area contributed by atoms with Gasteiger partial charge in [0, 0.05) is 0 Å². The largest absolute Gasteiger partial charge is 0.213 e. The summed E-state index contributed by atoms with van der Waals surface area (Å²) in [7, 11) is -3.28. The Bertz CT molecular complexity index is 265. The highest BCUT2D eigenvalue weighted by molar-refractivity contribution is 7.88. The monoisotopic (exact) mass is 176 g/mol. The molecule has 0 radical (unpaired) electrons. The number of nitrogens with one attached hydrogen (secondary N) is 1. The van der Waals surface area contributed by atoms with E-state index in [-0.39, 0.29) is 0 Å². The van der Waals surface area contributed by atoms with E-state index in [1.807, 2.05) is 6.07 Å². The number of hydrogen-bond acceptors (Lipinski definition) is 3. The number of nitrogens with zero attached hydrogens (tertiary/aromatic N) is 1. The minimum absolute atomic E-state index is 0.455. The highest BCUT2D eigenvalue weighted by Gasteiger charge is 2.24. The van der Waals surface area contributed by atoms with Crippen molar-refractivity contribution in [2.75, 3.05) is 6.26 Å². The number of rotatable bonds is 3. The van der Waals surface area contributed by atoms with Crippen molar-refractivity contribution in [2.45, 2.75) is 25.8 Å². The Morgan fingerprint density at radius 2 is 2.09 bits per heavy atom. The molecular formula is C6H12N2O2S. The van der Waals surface area contributed by atoms with Crippen LogP contribution in [0.4, 0.5) is 0 Å². The molecule has 0 saturated carbocycles. The second-order valence-electron chi connectivity index (χ2n) is 2.67. The van der Waals surface area contributed by atoms with Crippen molar-refractivity contribution in [3.63, 3.8) is 0 Å². The van der Waals surface area contributed by atoms with Crippen LogP contribution in [0.3, 0.4) is 0 Å². The number of nitriles is 1. The maximum atomic E-state index is 10.7. The van der Waals surface area contributed by atoms with Gasteiger partial charge in [0.2, 0.25) is 10.0 Å². The van der Waals surface area contributed by atoms with Gasteiger partial charge in [-0.2, -0.15) is 9.98 Å². The molecule has 0 aromatic carbocycles. The second kappa shape index (κ2) is 3.20. The molecular weight excluding hydrogens is 164 g/mol. The minimum atomic E-state index is -3.28. The molecule has 0 aliphatic carbocycles. The lowest BCUT2D eigenvalue weighted by Gasteiger charge is -2.18. The van der Waals surface area contributed by atoms with E-state index in [0.29, 0.717) is 6.42 Å². The zero-order valence-corrected chi connectivity index (χ0v) is 7.70. The summed E-state index contributed by atoms with van der Waals surface area (Å²) in [5, 5.41) is 8.57. The van der Waals surface area contributed by atoms with E-state index in [1.54, 1.807) is 13.8 Å². The second-order valence-corrected chi connectivity index (χ2v) is 4.42. The van der Waals surface area contributed by atoms with Crippen LogP contribution in [0.15, 0.2) is 0 Å². The van der Waals surface area contributed by atoms with E-state index in [9.17, 15) is 8.42 Å². The summed E-state index contributed by atoms with van der Waals surface area (Å²) in [5.41, 5.74) is -0.965. The van der Waals surface area contributed by atoms with Gasteiger partial charge >= 0.3 is 0 Å². The first-order valence-electron chi connectivity index (χ1n) is 3.23. The van der Waals surface area contributed by atoms with E-state index in [2.05, 4.69) is 4.72 Å². The Morgan fingerprint density at radius 3 is 2.18 bits per heavy atom. The van der Waals surface area contributed by atoms with Crippen LogP contribution >= 0.6 is 0 Å². The Kier molecular flexibility index (Phi) is 3.02. The lowest BCUT2D eigenvalue weighted by molar-refractivity contribution is 0.498. The first kappa shape index (κ1) is 10.4. The van der Waals surface area contributed by atoms with Crippen LogP contribution in [0.2, 0.25) is 0 Å². The lowest BCUT2D eigenvalue weighted by atomic mass is 10.0. The summed E-state index contributed by atoms with van der Waals surface area (Å²) in [4.78, 5) is 0. The molecule has 11 heavy (non-hydrogen) atoms. The van der Waals surface area contributed by atoms with Gasteiger partial charge in [0.25, 0.3) is 0 Å². The topological polar surface area (TPSA) is 70.0 Å². The first-order valence-corrected chi connectivity index (χ1v) is 5.12. The summed E-state index contributed by atoms with van der Waals surface area (Å²) >= 11 is 0. The van der Waals surface area contributed by atoms with E-state index >= 15 is 0 Å². The first-order chi connectivity index (χ1) is 4.83.